The van der Waals surface area contributed by atoms with Crippen molar-refractivity contribution >= 4 is 38.9 Å². The number of hydrogen-bond donors (Lipinski definition) is 2. The third kappa shape index (κ3) is 2.89. The molecular formula is C23H15N3O4. The molecule has 30 heavy (non-hydrogen) atoms. The van der Waals surface area contributed by atoms with Crippen LogP contribution in [-0.2, 0) is 0 Å². The number of benzene rings is 3. The Balaban J connectivity index is 1.77. The van der Waals surface area contributed by atoms with Gasteiger partial charge < -0.3 is 14.7 Å². The van der Waals surface area contributed by atoms with Gasteiger partial charge >= 0.3 is 5.63 Å². The third-order valence-corrected chi connectivity index (χ3v) is 4.97. The fourth-order valence-electron chi connectivity index (χ4n) is 3.58. The van der Waals surface area contributed by atoms with Crippen LogP contribution in [0, 0.1) is 10.1 Å². The van der Waals surface area contributed by atoms with E-state index in [9.17, 15) is 14.9 Å². The van der Waals surface area contributed by atoms with E-state index in [0.717, 1.165) is 16.6 Å². The van der Waals surface area contributed by atoms with Gasteiger partial charge in [-0.3, -0.25) is 10.1 Å². The molecule has 0 saturated heterocycles. The predicted octanol–water partition coefficient (Wildman–Crippen LogP) is 5.59. The van der Waals surface area contributed by atoms with Crippen molar-refractivity contribution in [2.75, 3.05) is 5.32 Å². The molecule has 0 amide bonds. The minimum absolute atomic E-state index is 0.00623. The minimum atomic E-state index is -0.466. The molecule has 7 heteroatoms. The lowest BCUT2D eigenvalue weighted by Crippen LogP contribution is -2.01. The maximum Gasteiger partial charge on any atom is 0.347 e. The molecule has 3 aromatic carbocycles. The number of aromatic amines is 1. The first-order chi connectivity index (χ1) is 14.6. The number of rotatable bonds is 4. The Hall–Kier alpha value is -4.39. The molecule has 0 fully saturated rings. The van der Waals surface area contributed by atoms with Crippen LogP contribution >= 0.6 is 0 Å². The Morgan fingerprint density at radius 3 is 2.33 bits per heavy atom. The van der Waals surface area contributed by atoms with Crippen molar-refractivity contribution in [3.05, 3.63) is 99.4 Å². The van der Waals surface area contributed by atoms with Crippen LogP contribution in [-0.4, -0.2) is 9.91 Å². The first kappa shape index (κ1) is 17.7. The van der Waals surface area contributed by atoms with Gasteiger partial charge in [0.15, 0.2) is 0 Å². The highest BCUT2D eigenvalue weighted by Gasteiger charge is 2.20. The van der Waals surface area contributed by atoms with E-state index in [1.807, 2.05) is 48.5 Å². The van der Waals surface area contributed by atoms with E-state index in [1.54, 1.807) is 18.2 Å². The summed E-state index contributed by atoms with van der Waals surface area (Å²) in [5.74, 6) is 0. The molecule has 5 aromatic rings. The van der Waals surface area contributed by atoms with Gasteiger partial charge in [-0.05, 0) is 24.3 Å². The van der Waals surface area contributed by atoms with Gasteiger partial charge in [0.25, 0.3) is 5.69 Å². The molecule has 0 aliphatic carbocycles. The minimum Gasteiger partial charge on any atom is -0.422 e. The smallest absolute Gasteiger partial charge is 0.347 e. The summed E-state index contributed by atoms with van der Waals surface area (Å²) in [6.07, 6.45) is 0. The Morgan fingerprint density at radius 1 is 0.900 bits per heavy atom. The quantitative estimate of drug-likeness (QED) is 0.234. The average Bonchev–Trinajstić information content (AvgIpc) is 3.15. The highest BCUT2D eigenvalue weighted by molar-refractivity contribution is 6.11. The molecule has 0 spiro atoms. The summed E-state index contributed by atoms with van der Waals surface area (Å²) in [5.41, 5.74) is 3.49. The van der Waals surface area contributed by atoms with E-state index in [-0.39, 0.29) is 5.69 Å². The summed E-state index contributed by atoms with van der Waals surface area (Å²) < 4.78 is 5.55. The fraction of sp³-hybridized carbons (Fsp3) is 0. The Labute approximate surface area is 169 Å². The molecule has 0 saturated carbocycles. The van der Waals surface area contributed by atoms with Gasteiger partial charge in [0.2, 0.25) is 0 Å². The van der Waals surface area contributed by atoms with Crippen LogP contribution in [0.3, 0.4) is 0 Å². The van der Waals surface area contributed by atoms with E-state index >= 15 is 0 Å². The number of anilines is 2. The summed E-state index contributed by atoms with van der Waals surface area (Å²) in [4.78, 5) is 26.7. The first-order valence-electron chi connectivity index (χ1n) is 9.26. The van der Waals surface area contributed by atoms with Crippen molar-refractivity contribution in [3.63, 3.8) is 0 Å². The van der Waals surface area contributed by atoms with Gasteiger partial charge in [0, 0.05) is 28.8 Å². The van der Waals surface area contributed by atoms with Gasteiger partial charge in [-0.1, -0.05) is 42.5 Å². The standard InChI is InChI=1S/C23H15N3O4/c27-23-19-21(17-8-4-5-9-18(17)30-23)25-20(14-6-2-1-3-7-14)22(19)24-15-10-12-16(13-11-15)26(28)29/h1-13,24-25H. The monoisotopic (exact) mass is 397 g/mol. The number of aromatic nitrogens is 1. The largest absolute Gasteiger partial charge is 0.422 e. The van der Waals surface area contributed by atoms with Crippen molar-refractivity contribution < 1.29 is 9.34 Å². The second kappa shape index (κ2) is 6.89. The molecule has 0 unspecified atom stereocenters. The van der Waals surface area contributed by atoms with E-state index in [1.165, 1.54) is 12.1 Å². The highest BCUT2D eigenvalue weighted by atomic mass is 16.6. The lowest BCUT2D eigenvalue weighted by atomic mass is 10.1. The molecule has 0 bridgehead atoms. The molecule has 0 aliphatic heterocycles. The molecule has 2 heterocycles. The summed E-state index contributed by atoms with van der Waals surface area (Å²) in [6.45, 7) is 0. The lowest BCUT2D eigenvalue weighted by molar-refractivity contribution is -0.384. The zero-order chi connectivity index (χ0) is 20.7. The van der Waals surface area contributed by atoms with Crippen LogP contribution in [0.1, 0.15) is 0 Å². The van der Waals surface area contributed by atoms with E-state index in [4.69, 9.17) is 4.42 Å². The topological polar surface area (TPSA) is 101 Å². The third-order valence-electron chi connectivity index (χ3n) is 4.97. The van der Waals surface area contributed by atoms with Crippen molar-refractivity contribution in [2.45, 2.75) is 0 Å². The van der Waals surface area contributed by atoms with E-state index in [2.05, 4.69) is 10.3 Å². The van der Waals surface area contributed by atoms with Gasteiger partial charge in [0.05, 0.1) is 21.8 Å². The molecule has 5 rings (SSSR count). The molecule has 0 aliphatic rings. The zero-order valence-corrected chi connectivity index (χ0v) is 15.6. The van der Waals surface area contributed by atoms with Crippen molar-refractivity contribution in [2.24, 2.45) is 0 Å². The average molecular weight is 397 g/mol. The summed E-state index contributed by atoms with van der Waals surface area (Å²) >= 11 is 0. The van der Waals surface area contributed by atoms with Crippen molar-refractivity contribution in [1.29, 1.82) is 0 Å². The molecule has 0 radical (unpaired) electrons. The first-order valence-corrected chi connectivity index (χ1v) is 9.26. The number of nitro groups is 1. The van der Waals surface area contributed by atoms with Crippen LogP contribution in [0.4, 0.5) is 17.1 Å². The van der Waals surface area contributed by atoms with Crippen LogP contribution in [0.2, 0.25) is 0 Å². The maximum absolute atomic E-state index is 12.9. The number of non-ortho nitro benzene ring substituents is 1. The normalized spacial score (nSPS) is 11.1. The number of para-hydroxylation sites is 1. The second-order valence-electron chi connectivity index (χ2n) is 6.81. The molecular weight excluding hydrogens is 382 g/mol. The number of nitro benzene ring substituents is 1. The number of H-pyrrole nitrogens is 1. The summed E-state index contributed by atoms with van der Waals surface area (Å²) in [5, 5.41) is 15.4. The molecule has 2 N–H and O–H groups in total. The number of nitrogens with zero attached hydrogens (tertiary/aromatic N) is 1. The molecule has 0 atom stereocenters. The molecule has 2 aromatic heterocycles. The molecule has 146 valence electrons. The lowest BCUT2D eigenvalue weighted by Gasteiger charge is -2.08. The SMILES string of the molecule is O=c1oc2ccccc2c2[nH]c(-c3ccccc3)c(Nc3ccc([N+](=O)[O-])cc3)c12. The van der Waals surface area contributed by atoms with E-state index in [0.29, 0.717) is 27.9 Å². The van der Waals surface area contributed by atoms with Crippen molar-refractivity contribution in [1.82, 2.24) is 4.98 Å². The van der Waals surface area contributed by atoms with Gasteiger partial charge in [-0.25, -0.2) is 4.79 Å². The van der Waals surface area contributed by atoms with Crippen LogP contribution in [0.25, 0.3) is 33.1 Å². The van der Waals surface area contributed by atoms with Crippen molar-refractivity contribution in [3.8, 4) is 11.3 Å². The highest BCUT2D eigenvalue weighted by Crippen LogP contribution is 2.38. The number of nitrogens with one attached hydrogen (secondary N) is 2. The summed E-state index contributed by atoms with van der Waals surface area (Å²) in [6, 6.07) is 23.0. The Bertz CT molecular complexity index is 1450. The van der Waals surface area contributed by atoms with Crippen LogP contribution < -0.4 is 10.9 Å². The van der Waals surface area contributed by atoms with E-state index < -0.39 is 10.5 Å². The predicted molar refractivity (Wildman–Crippen MR) is 116 cm³/mol. The van der Waals surface area contributed by atoms with Crippen LogP contribution in [0.5, 0.6) is 0 Å². The number of fused-ring (bicyclic) bond motifs is 3. The van der Waals surface area contributed by atoms with Gasteiger partial charge in [0.1, 0.15) is 11.0 Å². The summed E-state index contributed by atoms with van der Waals surface area (Å²) in [7, 11) is 0. The van der Waals surface area contributed by atoms with Gasteiger partial charge in [-0.15, -0.1) is 0 Å². The maximum atomic E-state index is 12.9. The second-order valence-corrected chi connectivity index (χ2v) is 6.81. The Kier molecular flexibility index (Phi) is 4.07. The van der Waals surface area contributed by atoms with Crippen LogP contribution in [0.15, 0.2) is 88.1 Å². The number of hydrogen-bond acceptors (Lipinski definition) is 5. The molecule has 7 nitrogen and oxygen atoms in total. The Morgan fingerprint density at radius 2 is 1.60 bits per heavy atom. The zero-order valence-electron chi connectivity index (χ0n) is 15.6. The fourth-order valence-corrected chi connectivity index (χ4v) is 3.58. The van der Waals surface area contributed by atoms with Gasteiger partial charge in [-0.2, -0.15) is 0 Å².